The molecule has 1 unspecified atom stereocenters. The number of likely N-dealkylation sites (tertiary alicyclic amines) is 1. The molecule has 8 nitrogen and oxygen atoms in total. The van der Waals surface area contributed by atoms with Crippen molar-refractivity contribution in [3.63, 3.8) is 0 Å². The van der Waals surface area contributed by atoms with E-state index in [0.29, 0.717) is 25.3 Å². The highest BCUT2D eigenvalue weighted by Crippen LogP contribution is 2.39. The summed E-state index contributed by atoms with van der Waals surface area (Å²) in [6, 6.07) is -0.263. The Labute approximate surface area is 147 Å². The first kappa shape index (κ1) is 17.9. The average molecular weight is 350 g/mol. The van der Waals surface area contributed by atoms with Crippen LogP contribution in [0.4, 0.5) is 4.79 Å². The van der Waals surface area contributed by atoms with Crippen molar-refractivity contribution in [1.29, 1.82) is 0 Å². The Morgan fingerprint density at radius 2 is 2.08 bits per heavy atom. The van der Waals surface area contributed by atoms with Crippen molar-refractivity contribution < 1.29 is 19.7 Å². The van der Waals surface area contributed by atoms with Gasteiger partial charge in [-0.3, -0.25) is 4.90 Å². The van der Waals surface area contributed by atoms with Crippen molar-refractivity contribution in [2.45, 2.75) is 57.4 Å². The van der Waals surface area contributed by atoms with Gasteiger partial charge in [0.25, 0.3) is 0 Å². The van der Waals surface area contributed by atoms with Crippen molar-refractivity contribution in [2.24, 2.45) is 5.92 Å². The fraction of sp³-hybridized carbons (Fsp3) is 0.706. The van der Waals surface area contributed by atoms with Gasteiger partial charge in [0.1, 0.15) is 11.4 Å². The van der Waals surface area contributed by atoms with Crippen LogP contribution in [0.5, 0.6) is 5.75 Å². The number of carbonyl (C=O) groups is 1. The smallest absolute Gasteiger partial charge is 0.412 e. The van der Waals surface area contributed by atoms with E-state index >= 15 is 0 Å². The predicted octanol–water partition coefficient (Wildman–Crippen LogP) is 1.03. The van der Waals surface area contributed by atoms with Gasteiger partial charge in [0.05, 0.1) is 12.4 Å². The van der Waals surface area contributed by atoms with Gasteiger partial charge in [0.15, 0.2) is 11.5 Å². The number of fused-ring (bicyclic) bond motifs is 1. The molecule has 0 aliphatic carbocycles. The number of hydrogen-bond donors (Lipinski definition) is 3. The third-order valence-corrected chi connectivity index (χ3v) is 4.76. The van der Waals surface area contributed by atoms with Crippen molar-refractivity contribution in [3.8, 4) is 5.75 Å². The second-order valence-electron chi connectivity index (χ2n) is 7.85. The number of nitrogens with one attached hydrogen (secondary N) is 1. The Kier molecular flexibility index (Phi) is 4.59. The van der Waals surface area contributed by atoms with Crippen molar-refractivity contribution in [1.82, 2.24) is 20.2 Å². The summed E-state index contributed by atoms with van der Waals surface area (Å²) in [5.74, 6) is 0.497. The molecule has 2 aliphatic rings. The van der Waals surface area contributed by atoms with Gasteiger partial charge in [0.2, 0.25) is 0 Å². The lowest BCUT2D eigenvalue weighted by molar-refractivity contribution is -0.157. The molecule has 3 N–H and O–H groups in total. The van der Waals surface area contributed by atoms with Crippen LogP contribution < -0.4 is 5.32 Å². The largest absolute Gasteiger partial charge is 0.505 e. The topological polar surface area (TPSA) is 108 Å². The molecule has 3 rings (SSSR count). The number of nitrogens with zero attached hydrogens (tertiary/aromatic N) is 3. The van der Waals surface area contributed by atoms with E-state index in [-0.39, 0.29) is 17.7 Å². The zero-order valence-electron chi connectivity index (χ0n) is 14.9. The monoisotopic (exact) mass is 350 g/mol. The first-order chi connectivity index (χ1) is 11.7. The standard InChI is InChI=1S/C17H26N4O4/c1-16(2,3)25-15(23)21-12(6-14-19-8-13(22)9-20-14)5-4-11-7-18-10-17(11,21)24/h8-9,11-12,18,22,24H,4-7,10H2,1-3H3/t11-,12?,17-/m1/s1. The van der Waals surface area contributed by atoms with Crippen LogP contribution in [-0.4, -0.2) is 61.6 Å². The lowest BCUT2D eigenvalue weighted by Crippen LogP contribution is -2.64. The molecule has 0 aromatic carbocycles. The van der Waals surface area contributed by atoms with E-state index in [1.54, 1.807) is 20.8 Å². The first-order valence-electron chi connectivity index (χ1n) is 8.64. The quantitative estimate of drug-likeness (QED) is 0.731. The van der Waals surface area contributed by atoms with Crippen LogP contribution in [0.15, 0.2) is 12.4 Å². The molecule has 1 amide bonds. The van der Waals surface area contributed by atoms with E-state index in [4.69, 9.17) is 4.74 Å². The molecule has 25 heavy (non-hydrogen) atoms. The molecule has 0 bridgehead atoms. The van der Waals surface area contributed by atoms with Gasteiger partial charge in [-0.05, 0) is 33.6 Å². The third kappa shape index (κ3) is 3.69. The highest BCUT2D eigenvalue weighted by molar-refractivity contribution is 5.70. The zero-order chi connectivity index (χ0) is 18.2. The van der Waals surface area contributed by atoms with Crippen molar-refractivity contribution >= 4 is 6.09 Å². The number of hydrogen-bond acceptors (Lipinski definition) is 7. The second kappa shape index (κ2) is 6.42. The van der Waals surface area contributed by atoms with E-state index in [1.165, 1.54) is 17.3 Å². The fourth-order valence-electron chi connectivity index (χ4n) is 3.67. The Morgan fingerprint density at radius 1 is 1.40 bits per heavy atom. The number of ether oxygens (including phenoxy) is 1. The first-order valence-corrected chi connectivity index (χ1v) is 8.64. The molecule has 0 spiro atoms. The third-order valence-electron chi connectivity index (χ3n) is 4.76. The highest BCUT2D eigenvalue weighted by Gasteiger charge is 2.54. The lowest BCUT2D eigenvalue weighted by Gasteiger charge is -2.48. The lowest BCUT2D eigenvalue weighted by atomic mass is 9.83. The number of carbonyl (C=O) groups excluding carboxylic acids is 1. The molecule has 3 atom stereocenters. The fourth-order valence-corrected chi connectivity index (χ4v) is 3.67. The van der Waals surface area contributed by atoms with Gasteiger partial charge in [-0.1, -0.05) is 0 Å². The number of amides is 1. The summed E-state index contributed by atoms with van der Waals surface area (Å²) in [5.41, 5.74) is -1.91. The van der Waals surface area contributed by atoms with Crippen molar-refractivity contribution in [3.05, 3.63) is 18.2 Å². The molecule has 138 valence electrons. The Hall–Kier alpha value is -1.93. The minimum Gasteiger partial charge on any atom is -0.505 e. The number of aromatic nitrogens is 2. The molecule has 1 aromatic heterocycles. The van der Waals surface area contributed by atoms with Crippen LogP contribution in [0.2, 0.25) is 0 Å². The summed E-state index contributed by atoms with van der Waals surface area (Å²) in [5, 5.41) is 23.7. The summed E-state index contributed by atoms with van der Waals surface area (Å²) in [6.07, 6.45) is 4.08. The molecule has 0 saturated carbocycles. The zero-order valence-corrected chi connectivity index (χ0v) is 14.9. The number of β-amino-alcohol motifs (C(OH)–C–C–N with tert-alkyl or cyclic N) is 1. The maximum Gasteiger partial charge on any atom is 0.412 e. The van der Waals surface area contributed by atoms with Crippen LogP contribution in [0, 0.1) is 5.92 Å². The number of rotatable bonds is 2. The van der Waals surface area contributed by atoms with Crippen LogP contribution in [0.3, 0.4) is 0 Å². The molecule has 1 aromatic rings. The van der Waals surface area contributed by atoms with E-state index < -0.39 is 17.4 Å². The normalized spacial score (nSPS) is 29.4. The van der Waals surface area contributed by atoms with Crippen LogP contribution in [-0.2, 0) is 11.2 Å². The molecular weight excluding hydrogens is 324 g/mol. The van der Waals surface area contributed by atoms with E-state index in [2.05, 4.69) is 15.3 Å². The summed E-state index contributed by atoms with van der Waals surface area (Å²) < 4.78 is 5.56. The average Bonchev–Trinajstić information content (AvgIpc) is 2.88. The molecule has 3 heterocycles. The highest BCUT2D eigenvalue weighted by atomic mass is 16.6. The molecule has 0 radical (unpaired) electrons. The van der Waals surface area contributed by atoms with Gasteiger partial charge in [-0.25, -0.2) is 14.8 Å². The van der Waals surface area contributed by atoms with Gasteiger partial charge >= 0.3 is 6.09 Å². The minimum absolute atomic E-state index is 0.00456. The van der Waals surface area contributed by atoms with Gasteiger partial charge in [-0.15, -0.1) is 0 Å². The van der Waals surface area contributed by atoms with E-state index in [0.717, 1.165) is 12.8 Å². The predicted molar refractivity (Wildman–Crippen MR) is 89.8 cm³/mol. The van der Waals surface area contributed by atoms with Gasteiger partial charge in [-0.2, -0.15) is 0 Å². The van der Waals surface area contributed by atoms with E-state index in [9.17, 15) is 15.0 Å². The van der Waals surface area contributed by atoms with Gasteiger partial charge < -0.3 is 20.3 Å². The minimum atomic E-state index is -1.26. The van der Waals surface area contributed by atoms with Crippen LogP contribution in [0.1, 0.15) is 39.4 Å². The molecule has 8 heteroatoms. The summed E-state index contributed by atoms with van der Waals surface area (Å²) in [7, 11) is 0. The van der Waals surface area contributed by atoms with Gasteiger partial charge in [0, 0.05) is 31.5 Å². The molecule has 2 aliphatic heterocycles. The number of aliphatic hydroxyl groups is 1. The summed E-state index contributed by atoms with van der Waals surface area (Å²) in [6.45, 7) is 6.42. The van der Waals surface area contributed by atoms with E-state index in [1.807, 2.05) is 0 Å². The number of piperidine rings is 1. The molecule has 2 saturated heterocycles. The second-order valence-corrected chi connectivity index (χ2v) is 7.85. The molecule has 2 fully saturated rings. The van der Waals surface area contributed by atoms with Crippen LogP contribution >= 0.6 is 0 Å². The Morgan fingerprint density at radius 3 is 2.72 bits per heavy atom. The number of aromatic hydroxyl groups is 1. The summed E-state index contributed by atoms with van der Waals surface area (Å²) in [4.78, 5) is 22.5. The van der Waals surface area contributed by atoms with Crippen LogP contribution in [0.25, 0.3) is 0 Å². The maximum absolute atomic E-state index is 12.9. The SMILES string of the molecule is CC(C)(C)OC(=O)N1C(Cc2ncc(O)cn2)CC[C@@H]2CNC[C@@]21O. The maximum atomic E-state index is 12.9. The molecular formula is C17H26N4O4. The van der Waals surface area contributed by atoms with Crippen molar-refractivity contribution in [2.75, 3.05) is 13.1 Å². The Balaban J connectivity index is 1.86. The summed E-state index contributed by atoms with van der Waals surface area (Å²) >= 11 is 0. The Bertz CT molecular complexity index is 631.